The number of hydrogen-bond donors (Lipinski definition) is 1. The molecule has 0 spiro atoms. The Morgan fingerprint density at radius 1 is 1.38 bits per heavy atom. The van der Waals surface area contributed by atoms with Crippen LogP contribution in [-0.4, -0.2) is 17.5 Å². The lowest BCUT2D eigenvalue weighted by Crippen LogP contribution is -2.04. The van der Waals surface area contributed by atoms with Crippen LogP contribution >= 0.6 is 15.9 Å². The van der Waals surface area contributed by atoms with Crippen LogP contribution in [0.1, 0.15) is 12.0 Å². The fraction of sp³-hybridized carbons (Fsp3) is 0.300. The van der Waals surface area contributed by atoms with Crippen molar-refractivity contribution in [2.75, 3.05) is 6.61 Å². The summed E-state index contributed by atoms with van der Waals surface area (Å²) < 4.78 is 1.01. The molecule has 0 atom stereocenters. The average Bonchev–Trinajstić information content (AvgIpc) is 2.16. The summed E-state index contributed by atoms with van der Waals surface area (Å²) in [6, 6.07) is 7.78. The first-order valence-electron chi connectivity index (χ1n) is 4.10. The van der Waals surface area contributed by atoms with Gasteiger partial charge in [-0.15, -0.1) is 0 Å². The SMILES string of the molecule is O=C(CO)CCc1ccccc1Br. The van der Waals surface area contributed by atoms with Gasteiger partial charge in [-0.05, 0) is 18.1 Å². The number of Topliss-reactive ketones (excluding diaryl/α,β-unsaturated/α-hetero) is 1. The van der Waals surface area contributed by atoms with Gasteiger partial charge in [-0.1, -0.05) is 34.1 Å². The third-order valence-corrected chi connectivity index (χ3v) is 2.58. The lowest BCUT2D eigenvalue weighted by atomic mass is 10.1. The summed E-state index contributed by atoms with van der Waals surface area (Å²) in [5.41, 5.74) is 1.10. The lowest BCUT2D eigenvalue weighted by molar-refractivity contribution is -0.121. The van der Waals surface area contributed by atoms with Crippen molar-refractivity contribution < 1.29 is 9.90 Å². The molecule has 0 aliphatic carbocycles. The summed E-state index contributed by atoms with van der Waals surface area (Å²) in [5, 5.41) is 8.52. The van der Waals surface area contributed by atoms with E-state index in [0.717, 1.165) is 10.0 Å². The van der Waals surface area contributed by atoms with Crippen molar-refractivity contribution in [3.63, 3.8) is 0 Å². The minimum Gasteiger partial charge on any atom is -0.389 e. The number of benzene rings is 1. The van der Waals surface area contributed by atoms with Crippen LogP contribution in [0.25, 0.3) is 0 Å². The summed E-state index contributed by atoms with van der Waals surface area (Å²) >= 11 is 3.39. The first-order chi connectivity index (χ1) is 6.24. The number of carbonyl (C=O) groups is 1. The zero-order valence-electron chi connectivity index (χ0n) is 7.16. The molecule has 0 radical (unpaired) electrons. The molecule has 1 aromatic carbocycles. The number of aliphatic hydroxyl groups is 1. The zero-order valence-corrected chi connectivity index (χ0v) is 8.75. The second kappa shape index (κ2) is 5.14. The van der Waals surface area contributed by atoms with E-state index in [-0.39, 0.29) is 12.4 Å². The normalized spacial score (nSPS) is 10.0. The largest absolute Gasteiger partial charge is 0.389 e. The molecule has 0 saturated carbocycles. The molecule has 70 valence electrons. The fourth-order valence-electron chi connectivity index (χ4n) is 1.05. The molecule has 0 amide bonds. The van der Waals surface area contributed by atoms with E-state index in [4.69, 9.17) is 5.11 Å². The van der Waals surface area contributed by atoms with E-state index in [1.54, 1.807) is 0 Å². The molecule has 0 fully saturated rings. The molecule has 1 aromatic rings. The quantitative estimate of drug-likeness (QED) is 0.877. The second-order valence-electron chi connectivity index (χ2n) is 2.79. The Hall–Kier alpha value is -0.670. The molecular formula is C10H11BrO2. The highest BCUT2D eigenvalue weighted by molar-refractivity contribution is 9.10. The standard InChI is InChI=1S/C10H11BrO2/c11-10-4-2-1-3-8(10)5-6-9(13)7-12/h1-4,12H,5-7H2. The Bertz CT molecular complexity index is 297. The topological polar surface area (TPSA) is 37.3 Å². The maximum Gasteiger partial charge on any atom is 0.158 e. The molecule has 13 heavy (non-hydrogen) atoms. The van der Waals surface area contributed by atoms with Gasteiger partial charge in [-0.2, -0.15) is 0 Å². The van der Waals surface area contributed by atoms with Gasteiger partial charge in [0.15, 0.2) is 5.78 Å². The highest BCUT2D eigenvalue weighted by Gasteiger charge is 2.02. The predicted octanol–water partition coefficient (Wildman–Crippen LogP) is 1.94. The van der Waals surface area contributed by atoms with Crippen LogP contribution in [-0.2, 0) is 11.2 Å². The minimum absolute atomic E-state index is 0.115. The molecule has 0 aromatic heterocycles. The maximum atomic E-state index is 10.8. The van der Waals surface area contributed by atoms with E-state index in [1.165, 1.54) is 0 Å². The second-order valence-corrected chi connectivity index (χ2v) is 3.64. The molecule has 0 aliphatic rings. The van der Waals surface area contributed by atoms with Crippen molar-refractivity contribution in [3.8, 4) is 0 Å². The predicted molar refractivity (Wildman–Crippen MR) is 54.6 cm³/mol. The number of aryl methyl sites for hydroxylation is 1. The minimum atomic E-state index is -0.357. The van der Waals surface area contributed by atoms with Crippen LogP contribution in [0.15, 0.2) is 28.7 Å². The van der Waals surface area contributed by atoms with Gasteiger partial charge in [0.25, 0.3) is 0 Å². The number of halogens is 1. The summed E-state index contributed by atoms with van der Waals surface area (Å²) in [4.78, 5) is 10.8. The Morgan fingerprint density at radius 2 is 2.08 bits per heavy atom. The van der Waals surface area contributed by atoms with E-state index in [9.17, 15) is 4.79 Å². The van der Waals surface area contributed by atoms with Gasteiger partial charge in [0.2, 0.25) is 0 Å². The first kappa shape index (κ1) is 10.4. The molecule has 0 heterocycles. The molecule has 1 rings (SSSR count). The van der Waals surface area contributed by atoms with Crippen LogP contribution in [0.5, 0.6) is 0 Å². The van der Waals surface area contributed by atoms with Gasteiger partial charge in [0, 0.05) is 10.9 Å². The van der Waals surface area contributed by atoms with E-state index in [1.807, 2.05) is 24.3 Å². The highest BCUT2D eigenvalue weighted by atomic mass is 79.9. The molecular weight excluding hydrogens is 232 g/mol. The van der Waals surface area contributed by atoms with Gasteiger partial charge in [0.05, 0.1) is 0 Å². The summed E-state index contributed by atoms with van der Waals surface area (Å²) in [6.45, 7) is -0.357. The smallest absolute Gasteiger partial charge is 0.158 e. The van der Waals surface area contributed by atoms with Crippen molar-refractivity contribution in [2.24, 2.45) is 0 Å². The Labute approximate surface area is 85.7 Å². The summed E-state index contributed by atoms with van der Waals surface area (Å²) in [7, 11) is 0. The molecule has 2 nitrogen and oxygen atoms in total. The van der Waals surface area contributed by atoms with Crippen molar-refractivity contribution in [2.45, 2.75) is 12.8 Å². The number of carbonyl (C=O) groups excluding carboxylic acids is 1. The first-order valence-corrected chi connectivity index (χ1v) is 4.89. The van der Waals surface area contributed by atoms with Crippen LogP contribution in [0.2, 0.25) is 0 Å². The third kappa shape index (κ3) is 3.28. The molecule has 0 aliphatic heterocycles. The molecule has 0 unspecified atom stereocenters. The Kier molecular flexibility index (Phi) is 4.12. The average molecular weight is 243 g/mol. The number of rotatable bonds is 4. The molecule has 3 heteroatoms. The van der Waals surface area contributed by atoms with E-state index >= 15 is 0 Å². The van der Waals surface area contributed by atoms with Crippen molar-refractivity contribution in [1.82, 2.24) is 0 Å². The fourth-order valence-corrected chi connectivity index (χ4v) is 1.54. The van der Waals surface area contributed by atoms with E-state index in [2.05, 4.69) is 15.9 Å². The van der Waals surface area contributed by atoms with Crippen molar-refractivity contribution in [1.29, 1.82) is 0 Å². The molecule has 0 bridgehead atoms. The summed E-state index contributed by atoms with van der Waals surface area (Å²) in [5.74, 6) is -0.115. The van der Waals surface area contributed by atoms with Gasteiger partial charge in [-0.25, -0.2) is 0 Å². The van der Waals surface area contributed by atoms with Gasteiger partial charge >= 0.3 is 0 Å². The van der Waals surface area contributed by atoms with Crippen LogP contribution in [0, 0.1) is 0 Å². The van der Waals surface area contributed by atoms with E-state index < -0.39 is 0 Å². The zero-order chi connectivity index (χ0) is 9.68. The maximum absolute atomic E-state index is 10.8. The number of ketones is 1. The van der Waals surface area contributed by atoms with E-state index in [0.29, 0.717) is 12.8 Å². The highest BCUT2D eigenvalue weighted by Crippen LogP contribution is 2.17. The van der Waals surface area contributed by atoms with Crippen LogP contribution < -0.4 is 0 Å². The Balaban J connectivity index is 2.54. The number of hydrogen-bond acceptors (Lipinski definition) is 2. The van der Waals surface area contributed by atoms with Crippen LogP contribution in [0.4, 0.5) is 0 Å². The van der Waals surface area contributed by atoms with Gasteiger partial charge in [0.1, 0.15) is 6.61 Å². The van der Waals surface area contributed by atoms with Crippen molar-refractivity contribution >= 4 is 21.7 Å². The van der Waals surface area contributed by atoms with Crippen LogP contribution in [0.3, 0.4) is 0 Å². The lowest BCUT2D eigenvalue weighted by Gasteiger charge is -2.01. The Morgan fingerprint density at radius 3 is 2.69 bits per heavy atom. The molecule has 0 saturated heterocycles. The molecule has 1 N–H and O–H groups in total. The summed E-state index contributed by atoms with van der Waals surface area (Å²) in [6.07, 6.45) is 1.08. The van der Waals surface area contributed by atoms with Gasteiger partial charge in [-0.3, -0.25) is 4.79 Å². The third-order valence-electron chi connectivity index (χ3n) is 1.81. The van der Waals surface area contributed by atoms with Gasteiger partial charge < -0.3 is 5.11 Å². The number of aliphatic hydroxyl groups excluding tert-OH is 1. The van der Waals surface area contributed by atoms with Crippen molar-refractivity contribution in [3.05, 3.63) is 34.3 Å². The monoisotopic (exact) mass is 242 g/mol.